The standard InChI is InChI=1S/C18H22N2O4/c1-12-10-22-8-7-20(12)18(21)15-5-4-6-16(9-15)23-11-17-13(2)19-24-14(17)3/h4-6,9,12H,7-8,10-11H2,1-3H3. The van der Waals surface area contributed by atoms with Crippen LogP contribution in [-0.2, 0) is 11.3 Å². The number of rotatable bonds is 4. The molecule has 2 aromatic rings. The van der Waals surface area contributed by atoms with E-state index in [1.807, 2.05) is 43.9 Å². The first-order valence-corrected chi connectivity index (χ1v) is 8.09. The molecular formula is C18H22N2O4. The Kier molecular flexibility index (Phi) is 4.85. The minimum absolute atomic E-state index is 0.00795. The molecule has 6 heteroatoms. The number of hydrogen-bond acceptors (Lipinski definition) is 5. The van der Waals surface area contributed by atoms with Gasteiger partial charge in [-0.25, -0.2) is 0 Å². The Balaban J connectivity index is 1.71. The second-order valence-electron chi connectivity index (χ2n) is 6.04. The number of benzene rings is 1. The van der Waals surface area contributed by atoms with Gasteiger partial charge in [-0.2, -0.15) is 0 Å². The summed E-state index contributed by atoms with van der Waals surface area (Å²) in [6, 6.07) is 7.35. The van der Waals surface area contributed by atoms with Gasteiger partial charge in [0, 0.05) is 12.1 Å². The van der Waals surface area contributed by atoms with Crippen LogP contribution in [0.25, 0.3) is 0 Å². The van der Waals surface area contributed by atoms with Crippen molar-refractivity contribution in [2.24, 2.45) is 0 Å². The average molecular weight is 330 g/mol. The lowest BCUT2D eigenvalue weighted by Gasteiger charge is -2.33. The Morgan fingerprint density at radius 3 is 2.96 bits per heavy atom. The third kappa shape index (κ3) is 3.43. The molecule has 0 radical (unpaired) electrons. The fraction of sp³-hybridized carbons (Fsp3) is 0.444. The highest BCUT2D eigenvalue weighted by Crippen LogP contribution is 2.20. The normalized spacial score (nSPS) is 17.8. The van der Waals surface area contributed by atoms with E-state index in [1.165, 1.54) is 0 Å². The lowest BCUT2D eigenvalue weighted by Crippen LogP contribution is -2.47. The topological polar surface area (TPSA) is 64.8 Å². The smallest absolute Gasteiger partial charge is 0.254 e. The summed E-state index contributed by atoms with van der Waals surface area (Å²) in [5.74, 6) is 1.41. The molecule has 3 rings (SSSR count). The third-order valence-corrected chi connectivity index (χ3v) is 4.27. The molecular weight excluding hydrogens is 308 g/mol. The number of nitrogens with zero attached hydrogens (tertiary/aromatic N) is 2. The van der Waals surface area contributed by atoms with Gasteiger partial charge in [0.05, 0.1) is 30.5 Å². The van der Waals surface area contributed by atoms with Gasteiger partial charge >= 0.3 is 0 Å². The van der Waals surface area contributed by atoms with E-state index in [0.29, 0.717) is 37.7 Å². The van der Waals surface area contributed by atoms with Gasteiger partial charge < -0.3 is 18.9 Å². The summed E-state index contributed by atoms with van der Waals surface area (Å²) in [4.78, 5) is 14.5. The number of morpholine rings is 1. The zero-order chi connectivity index (χ0) is 17.1. The molecule has 0 aliphatic carbocycles. The quantitative estimate of drug-likeness (QED) is 0.862. The van der Waals surface area contributed by atoms with E-state index in [4.69, 9.17) is 14.0 Å². The van der Waals surface area contributed by atoms with E-state index in [2.05, 4.69) is 5.16 Å². The maximum Gasteiger partial charge on any atom is 0.254 e. The third-order valence-electron chi connectivity index (χ3n) is 4.27. The minimum Gasteiger partial charge on any atom is -0.489 e. The molecule has 1 saturated heterocycles. The van der Waals surface area contributed by atoms with Gasteiger partial charge in [0.2, 0.25) is 0 Å². The van der Waals surface area contributed by atoms with Crippen LogP contribution < -0.4 is 4.74 Å². The molecule has 6 nitrogen and oxygen atoms in total. The minimum atomic E-state index is 0.00795. The molecule has 24 heavy (non-hydrogen) atoms. The molecule has 1 aliphatic heterocycles. The Bertz CT molecular complexity index is 706. The number of ether oxygens (including phenoxy) is 2. The van der Waals surface area contributed by atoms with Gasteiger partial charge in [0.1, 0.15) is 18.1 Å². The van der Waals surface area contributed by atoms with Gasteiger partial charge in [-0.1, -0.05) is 11.2 Å². The Morgan fingerprint density at radius 1 is 1.42 bits per heavy atom. The predicted molar refractivity (Wildman–Crippen MR) is 88.1 cm³/mol. The Morgan fingerprint density at radius 2 is 2.25 bits per heavy atom. The van der Waals surface area contributed by atoms with Crippen molar-refractivity contribution in [3.05, 3.63) is 46.8 Å². The fourth-order valence-electron chi connectivity index (χ4n) is 2.78. The molecule has 0 spiro atoms. The number of hydrogen-bond donors (Lipinski definition) is 0. The van der Waals surface area contributed by atoms with Crippen LogP contribution in [0.3, 0.4) is 0 Å². The molecule has 1 unspecified atom stereocenters. The fourth-order valence-corrected chi connectivity index (χ4v) is 2.78. The molecule has 1 aromatic carbocycles. The molecule has 1 aliphatic rings. The molecule has 0 saturated carbocycles. The molecule has 2 heterocycles. The summed E-state index contributed by atoms with van der Waals surface area (Å²) >= 11 is 0. The Hall–Kier alpha value is -2.34. The Labute approximate surface area is 141 Å². The van der Waals surface area contributed by atoms with Gasteiger partial charge in [0.25, 0.3) is 5.91 Å². The number of carbonyl (C=O) groups excluding carboxylic acids is 1. The van der Waals surface area contributed by atoms with E-state index < -0.39 is 0 Å². The molecule has 0 bridgehead atoms. The van der Waals surface area contributed by atoms with Crippen LogP contribution in [-0.4, -0.2) is 41.8 Å². The summed E-state index contributed by atoms with van der Waals surface area (Å²) in [7, 11) is 0. The lowest BCUT2D eigenvalue weighted by atomic mass is 10.1. The molecule has 128 valence electrons. The monoisotopic (exact) mass is 330 g/mol. The maximum atomic E-state index is 12.7. The van der Waals surface area contributed by atoms with Gasteiger partial charge in [0.15, 0.2) is 0 Å². The van der Waals surface area contributed by atoms with Crippen molar-refractivity contribution in [1.82, 2.24) is 10.1 Å². The van der Waals surface area contributed by atoms with E-state index in [0.717, 1.165) is 17.0 Å². The second-order valence-corrected chi connectivity index (χ2v) is 6.04. The molecule has 1 fully saturated rings. The number of amides is 1. The lowest BCUT2D eigenvalue weighted by molar-refractivity contribution is 0.00357. The predicted octanol–water partition coefficient (Wildman–Crippen LogP) is 2.73. The summed E-state index contributed by atoms with van der Waals surface area (Å²) < 4.78 is 16.3. The summed E-state index contributed by atoms with van der Waals surface area (Å²) in [5, 5.41) is 3.92. The summed E-state index contributed by atoms with van der Waals surface area (Å²) in [5.41, 5.74) is 2.38. The number of carbonyl (C=O) groups is 1. The SMILES string of the molecule is Cc1noc(C)c1COc1cccc(C(=O)N2CCOCC2C)c1. The van der Waals surface area contributed by atoms with Crippen molar-refractivity contribution in [2.75, 3.05) is 19.8 Å². The highest BCUT2D eigenvalue weighted by Gasteiger charge is 2.25. The van der Waals surface area contributed by atoms with Gasteiger partial charge in [-0.15, -0.1) is 0 Å². The molecule has 1 atom stereocenters. The highest BCUT2D eigenvalue weighted by atomic mass is 16.5. The van der Waals surface area contributed by atoms with Crippen LogP contribution >= 0.6 is 0 Å². The molecule has 1 amide bonds. The number of aryl methyl sites for hydroxylation is 2. The van der Waals surface area contributed by atoms with Crippen molar-refractivity contribution in [3.63, 3.8) is 0 Å². The van der Waals surface area contributed by atoms with Crippen LogP contribution in [0.4, 0.5) is 0 Å². The summed E-state index contributed by atoms with van der Waals surface area (Å²) in [6.07, 6.45) is 0. The first-order chi connectivity index (χ1) is 11.6. The van der Waals surface area contributed by atoms with E-state index >= 15 is 0 Å². The molecule has 0 N–H and O–H groups in total. The van der Waals surface area contributed by atoms with Crippen molar-refractivity contribution >= 4 is 5.91 Å². The van der Waals surface area contributed by atoms with E-state index in [1.54, 1.807) is 6.07 Å². The maximum absolute atomic E-state index is 12.7. The van der Waals surface area contributed by atoms with Crippen LogP contribution in [0, 0.1) is 13.8 Å². The first kappa shape index (κ1) is 16.5. The van der Waals surface area contributed by atoms with Crippen molar-refractivity contribution in [1.29, 1.82) is 0 Å². The average Bonchev–Trinajstić information content (AvgIpc) is 2.91. The van der Waals surface area contributed by atoms with Crippen LogP contribution in [0.5, 0.6) is 5.75 Å². The highest BCUT2D eigenvalue weighted by molar-refractivity contribution is 5.94. The zero-order valence-corrected chi connectivity index (χ0v) is 14.2. The van der Waals surface area contributed by atoms with Gasteiger partial charge in [-0.3, -0.25) is 4.79 Å². The molecule has 1 aromatic heterocycles. The van der Waals surface area contributed by atoms with E-state index in [-0.39, 0.29) is 11.9 Å². The van der Waals surface area contributed by atoms with Crippen molar-refractivity contribution in [2.45, 2.75) is 33.4 Å². The van der Waals surface area contributed by atoms with Crippen LogP contribution in [0.2, 0.25) is 0 Å². The van der Waals surface area contributed by atoms with Crippen LogP contribution in [0.15, 0.2) is 28.8 Å². The van der Waals surface area contributed by atoms with E-state index in [9.17, 15) is 4.79 Å². The zero-order valence-electron chi connectivity index (χ0n) is 14.2. The second kappa shape index (κ2) is 7.05. The number of aromatic nitrogens is 1. The first-order valence-electron chi connectivity index (χ1n) is 8.09. The van der Waals surface area contributed by atoms with Crippen LogP contribution in [0.1, 0.15) is 34.3 Å². The largest absolute Gasteiger partial charge is 0.489 e. The van der Waals surface area contributed by atoms with Crippen molar-refractivity contribution < 1.29 is 18.8 Å². The van der Waals surface area contributed by atoms with Crippen molar-refractivity contribution in [3.8, 4) is 5.75 Å². The summed E-state index contributed by atoms with van der Waals surface area (Å²) in [6.45, 7) is 7.88. The van der Waals surface area contributed by atoms with Gasteiger partial charge in [-0.05, 0) is 39.0 Å².